The molecule has 0 fully saturated rings. The topological polar surface area (TPSA) is 107 Å². The van der Waals surface area contributed by atoms with Crippen LogP contribution in [0.5, 0.6) is 5.75 Å². The highest BCUT2D eigenvalue weighted by atomic mass is 32.2. The summed E-state index contributed by atoms with van der Waals surface area (Å²) in [5.41, 5.74) is 1.80. The van der Waals surface area contributed by atoms with E-state index in [9.17, 15) is 8.42 Å². The van der Waals surface area contributed by atoms with Gasteiger partial charge in [-0.25, -0.2) is 23.5 Å². The number of ether oxygens (including phenoxy) is 1. The Morgan fingerprint density at radius 2 is 1.92 bits per heavy atom. The molecule has 7 nitrogen and oxygen atoms in total. The monoisotopic (exact) mass is 340 g/mol. The number of benzene rings is 2. The lowest BCUT2D eigenvalue weighted by atomic mass is 9.94. The first-order chi connectivity index (χ1) is 11.4. The Kier molecular flexibility index (Phi) is 4.12. The Morgan fingerprint density at radius 3 is 2.54 bits per heavy atom. The van der Waals surface area contributed by atoms with Crippen LogP contribution in [0.4, 0.5) is 11.6 Å². The van der Waals surface area contributed by atoms with Crippen molar-refractivity contribution in [2.24, 2.45) is 5.14 Å². The van der Waals surface area contributed by atoms with E-state index in [-0.39, 0.29) is 4.90 Å². The summed E-state index contributed by atoms with van der Waals surface area (Å²) in [4.78, 5) is 8.65. The quantitative estimate of drug-likeness (QED) is 0.681. The molecule has 0 atom stereocenters. The molecule has 0 spiro atoms. The fraction of sp³-hybridized carbons (Fsp3) is 0.0667. The molecule has 9 heteroatoms. The van der Waals surface area contributed by atoms with Crippen molar-refractivity contribution in [2.45, 2.75) is 4.90 Å². The van der Waals surface area contributed by atoms with Crippen LogP contribution >= 0.6 is 0 Å². The van der Waals surface area contributed by atoms with Gasteiger partial charge in [0.1, 0.15) is 19.1 Å². The lowest BCUT2D eigenvalue weighted by molar-refractivity contribution is 0.419. The second kappa shape index (κ2) is 6.10. The number of nitrogens with one attached hydrogen (secondary N) is 1. The van der Waals surface area contributed by atoms with Crippen molar-refractivity contribution < 1.29 is 13.2 Å². The molecule has 2 aromatic carbocycles. The van der Waals surface area contributed by atoms with Crippen LogP contribution in [0.15, 0.2) is 47.5 Å². The van der Waals surface area contributed by atoms with Gasteiger partial charge in [-0.15, -0.1) is 0 Å². The zero-order valence-electron chi connectivity index (χ0n) is 12.7. The van der Waals surface area contributed by atoms with Gasteiger partial charge in [0.2, 0.25) is 16.0 Å². The van der Waals surface area contributed by atoms with Crippen LogP contribution in [0.1, 0.15) is 0 Å². The van der Waals surface area contributed by atoms with Gasteiger partial charge in [-0.3, -0.25) is 0 Å². The third kappa shape index (κ3) is 3.31. The van der Waals surface area contributed by atoms with Crippen LogP contribution in [0.25, 0.3) is 10.9 Å². The third-order valence-electron chi connectivity index (χ3n) is 3.33. The summed E-state index contributed by atoms with van der Waals surface area (Å²) in [7, 11) is 3.62. The molecular weight excluding hydrogens is 327 g/mol. The zero-order chi connectivity index (χ0) is 17.3. The minimum absolute atomic E-state index is 0.0321. The molecule has 24 heavy (non-hydrogen) atoms. The SMILES string of the molecule is [B]c1cc(OC)c2nc(Nc3ccc(S(N)(=O)=O)cc3)ncc2c1. The van der Waals surface area contributed by atoms with Crippen molar-refractivity contribution in [1.29, 1.82) is 0 Å². The predicted octanol–water partition coefficient (Wildman–Crippen LogP) is 0.823. The number of nitrogens with zero attached hydrogens (tertiary/aromatic N) is 2. The third-order valence-corrected chi connectivity index (χ3v) is 4.26. The van der Waals surface area contributed by atoms with Gasteiger partial charge in [0.25, 0.3) is 0 Å². The molecule has 0 aliphatic carbocycles. The van der Waals surface area contributed by atoms with Gasteiger partial charge in [-0.05, 0) is 30.3 Å². The fourth-order valence-corrected chi connectivity index (χ4v) is 2.72. The zero-order valence-corrected chi connectivity index (χ0v) is 13.5. The average molecular weight is 340 g/mol. The smallest absolute Gasteiger partial charge is 0.238 e. The molecule has 0 bridgehead atoms. The molecule has 0 amide bonds. The lowest BCUT2D eigenvalue weighted by Crippen LogP contribution is -2.11. The summed E-state index contributed by atoms with van der Waals surface area (Å²) in [5, 5.41) is 8.82. The Hall–Kier alpha value is -2.65. The molecule has 120 valence electrons. The number of fused-ring (bicyclic) bond motifs is 1. The van der Waals surface area contributed by atoms with E-state index in [0.29, 0.717) is 28.4 Å². The number of sulfonamides is 1. The van der Waals surface area contributed by atoms with Gasteiger partial charge in [0.15, 0.2) is 0 Å². The number of hydrogen-bond donors (Lipinski definition) is 2. The molecule has 0 aliphatic heterocycles. The summed E-state index contributed by atoms with van der Waals surface area (Å²) in [6.07, 6.45) is 1.63. The first kappa shape index (κ1) is 16.2. The van der Waals surface area contributed by atoms with Crippen LogP contribution < -0.4 is 20.7 Å². The van der Waals surface area contributed by atoms with Crippen LogP contribution in [-0.4, -0.2) is 33.3 Å². The minimum atomic E-state index is -3.72. The summed E-state index contributed by atoms with van der Waals surface area (Å²) in [6.45, 7) is 0. The number of primary sulfonamides is 1. The van der Waals surface area contributed by atoms with Crippen LogP contribution in [0, 0.1) is 0 Å². The number of nitrogens with two attached hydrogens (primary N) is 1. The van der Waals surface area contributed by atoms with Crippen molar-refractivity contribution in [3.8, 4) is 5.75 Å². The molecule has 0 saturated carbocycles. The summed E-state index contributed by atoms with van der Waals surface area (Å²) >= 11 is 0. The van der Waals surface area contributed by atoms with E-state index in [1.807, 2.05) is 0 Å². The minimum Gasteiger partial charge on any atom is -0.494 e. The first-order valence-electron chi connectivity index (χ1n) is 6.87. The largest absolute Gasteiger partial charge is 0.494 e. The second-order valence-corrected chi connectivity index (χ2v) is 6.61. The standard InChI is InChI=1S/C15H13BN4O3S/c1-23-13-7-10(16)6-9-8-18-15(20-14(9)13)19-11-2-4-12(5-3-11)24(17,21)22/h2-8H,1H3,(H2,17,21,22)(H,18,19,20). The van der Waals surface area contributed by atoms with Crippen molar-refractivity contribution in [2.75, 3.05) is 12.4 Å². The van der Waals surface area contributed by atoms with Crippen LogP contribution in [0.2, 0.25) is 0 Å². The van der Waals surface area contributed by atoms with Gasteiger partial charge in [-0.2, -0.15) is 0 Å². The highest BCUT2D eigenvalue weighted by Gasteiger charge is 2.09. The van der Waals surface area contributed by atoms with E-state index in [1.165, 1.54) is 19.2 Å². The van der Waals surface area contributed by atoms with E-state index in [2.05, 4.69) is 15.3 Å². The predicted molar refractivity (Wildman–Crippen MR) is 92.6 cm³/mol. The molecule has 3 aromatic rings. The van der Waals surface area contributed by atoms with Gasteiger partial charge in [0.05, 0.1) is 12.0 Å². The number of aromatic nitrogens is 2. The van der Waals surface area contributed by atoms with E-state index in [1.54, 1.807) is 30.5 Å². The second-order valence-electron chi connectivity index (χ2n) is 5.05. The summed E-state index contributed by atoms with van der Waals surface area (Å²) < 4.78 is 27.8. The molecule has 3 rings (SSSR count). The maximum atomic E-state index is 11.3. The van der Waals surface area contributed by atoms with Gasteiger partial charge >= 0.3 is 0 Å². The van der Waals surface area contributed by atoms with E-state index in [4.69, 9.17) is 17.7 Å². The maximum Gasteiger partial charge on any atom is 0.238 e. The van der Waals surface area contributed by atoms with E-state index in [0.717, 1.165) is 5.39 Å². The molecule has 2 radical (unpaired) electrons. The number of rotatable bonds is 4. The lowest BCUT2D eigenvalue weighted by Gasteiger charge is -2.09. The van der Waals surface area contributed by atoms with Crippen molar-refractivity contribution in [1.82, 2.24) is 9.97 Å². The van der Waals surface area contributed by atoms with Gasteiger partial charge in [-0.1, -0.05) is 11.5 Å². The Labute approximate surface area is 140 Å². The first-order valence-corrected chi connectivity index (χ1v) is 8.41. The van der Waals surface area contributed by atoms with Crippen molar-refractivity contribution in [3.05, 3.63) is 42.6 Å². The maximum absolute atomic E-state index is 11.3. The molecule has 0 saturated heterocycles. The molecule has 0 unspecified atom stereocenters. The number of anilines is 2. The van der Waals surface area contributed by atoms with Gasteiger partial charge < -0.3 is 10.1 Å². The molecule has 1 aromatic heterocycles. The summed E-state index contributed by atoms with van der Waals surface area (Å²) in [5.74, 6) is 0.883. The molecule has 1 heterocycles. The highest BCUT2D eigenvalue weighted by molar-refractivity contribution is 7.89. The number of methoxy groups -OCH3 is 1. The number of hydrogen-bond acceptors (Lipinski definition) is 6. The normalized spacial score (nSPS) is 11.4. The van der Waals surface area contributed by atoms with Crippen molar-refractivity contribution in [3.63, 3.8) is 0 Å². The van der Waals surface area contributed by atoms with Crippen LogP contribution in [0.3, 0.4) is 0 Å². The summed E-state index contributed by atoms with van der Waals surface area (Å²) in [6, 6.07) is 9.39. The molecule has 3 N–H and O–H groups in total. The van der Waals surface area contributed by atoms with Crippen molar-refractivity contribution >= 4 is 45.9 Å². The van der Waals surface area contributed by atoms with E-state index >= 15 is 0 Å². The Morgan fingerprint density at radius 1 is 1.21 bits per heavy atom. The Balaban J connectivity index is 1.94. The average Bonchev–Trinajstić information content (AvgIpc) is 2.54. The van der Waals surface area contributed by atoms with Crippen LogP contribution in [-0.2, 0) is 10.0 Å². The Bertz CT molecular complexity index is 1010. The highest BCUT2D eigenvalue weighted by Crippen LogP contribution is 2.24. The molecule has 0 aliphatic rings. The molecular formula is C15H13BN4O3S. The fourth-order valence-electron chi connectivity index (χ4n) is 2.21. The van der Waals surface area contributed by atoms with E-state index < -0.39 is 10.0 Å². The van der Waals surface area contributed by atoms with Gasteiger partial charge in [0, 0.05) is 17.3 Å².